The van der Waals surface area contributed by atoms with Crippen LogP contribution in [0.25, 0.3) is 0 Å². The standard InChI is InChI=1S/C8H18N2O/c1-3-7(6-9)5-8(11)10-4-2/h7H,3-6,9H2,1-2H3,(H,10,11). The van der Waals surface area contributed by atoms with Gasteiger partial charge in [-0.25, -0.2) is 0 Å². The van der Waals surface area contributed by atoms with Gasteiger partial charge in [0.15, 0.2) is 0 Å². The first-order valence-electron chi connectivity index (χ1n) is 4.21. The van der Waals surface area contributed by atoms with Crippen LogP contribution in [0.15, 0.2) is 0 Å². The Labute approximate surface area is 68.3 Å². The van der Waals surface area contributed by atoms with E-state index in [1.54, 1.807) is 0 Å². The highest BCUT2D eigenvalue weighted by molar-refractivity contribution is 5.76. The summed E-state index contributed by atoms with van der Waals surface area (Å²) < 4.78 is 0. The van der Waals surface area contributed by atoms with Crippen molar-refractivity contribution in [2.24, 2.45) is 11.7 Å². The molecule has 3 N–H and O–H groups in total. The molecule has 0 heterocycles. The van der Waals surface area contributed by atoms with Crippen molar-refractivity contribution in [3.05, 3.63) is 0 Å². The van der Waals surface area contributed by atoms with Gasteiger partial charge in [-0.05, 0) is 19.4 Å². The topological polar surface area (TPSA) is 55.1 Å². The maximum Gasteiger partial charge on any atom is 0.220 e. The Balaban J connectivity index is 3.54. The molecule has 0 aliphatic heterocycles. The fourth-order valence-corrected chi connectivity index (χ4v) is 0.926. The van der Waals surface area contributed by atoms with Crippen molar-refractivity contribution in [2.75, 3.05) is 13.1 Å². The van der Waals surface area contributed by atoms with Crippen LogP contribution in [0.1, 0.15) is 26.7 Å². The van der Waals surface area contributed by atoms with Gasteiger partial charge in [0.1, 0.15) is 0 Å². The van der Waals surface area contributed by atoms with E-state index in [4.69, 9.17) is 5.73 Å². The number of carbonyl (C=O) groups excluding carboxylic acids is 1. The molecule has 0 aliphatic rings. The minimum Gasteiger partial charge on any atom is -0.356 e. The van der Waals surface area contributed by atoms with E-state index in [0.717, 1.165) is 6.42 Å². The number of hydrogen-bond acceptors (Lipinski definition) is 2. The molecule has 0 aromatic heterocycles. The molecule has 0 rings (SSSR count). The molecule has 0 bridgehead atoms. The van der Waals surface area contributed by atoms with Crippen LogP contribution in [-0.2, 0) is 4.79 Å². The summed E-state index contributed by atoms with van der Waals surface area (Å²) in [5.41, 5.74) is 5.45. The van der Waals surface area contributed by atoms with Gasteiger partial charge in [0.05, 0.1) is 0 Å². The van der Waals surface area contributed by atoms with E-state index in [1.165, 1.54) is 0 Å². The second kappa shape index (κ2) is 6.16. The van der Waals surface area contributed by atoms with Crippen molar-refractivity contribution in [1.29, 1.82) is 0 Å². The summed E-state index contributed by atoms with van der Waals surface area (Å²) in [5.74, 6) is 0.464. The summed E-state index contributed by atoms with van der Waals surface area (Å²) in [4.78, 5) is 11.0. The summed E-state index contributed by atoms with van der Waals surface area (Å²) in [7, 11) is 0. The highest BCUT2D eigenvalue weighted by Gasteiger charge is 2.08. The molecule has 0 aromatic carbocycles. The second-order valence-corrected chi connectivity index (χ2v) is 2.67. The number of nitrogens with two attached hydrogens (primary N) is 1. The van der Waals surface area contributed by atoms with Crippen LogP contribution in [0, 0.1) is 5.92 Å². The maximum absolute atomic E-state index is 11.0. The van der Waals surface area contributed by atoms with Crippen molar-refractivity contribution in [3.63, 3.8) is 0 Å². The number of carbonyl (C=O) groups is 1. The molecule has 0 aromatic rings. The van der Waals surface area contributed by atoms with Crippen molar-refractivity contribution in [3.8, 4) is 0 Å². The number of amides is 1. The molecule has 11 heavy (non-hydrogen) atoms. The fraction of sp³-hybridized carbons (Fsp3) is 0.875. The maximum atomic E-state index is 11.0. The molecule has 0 aliphatic carbocycles. The fourth-order valence-electron chi connectivity index (χ4n) is 0.926. The van der Waals surface area contributed by atoms with Gasteiger partial charge in [0, 0.05) is 13.0 Å². The molecule has 0 radical (unpaired) electrons. The average Bonchev–Trinajstić information content (AvgIpc) is 2.01. The third-order valence-electron chi connectivity index (χ3n) is 1.76. The van der Waals surface area contributed by atoms with Crippen LogP contribution in [0.2, 0.25) is 0 Å². The van der Waals surface area contributed by atoms with E-state index >= 15 is 0 Å². The van der Waals surface area contributed by atoms with E-state index in [-0.39, 0.29) is 5.91 Å². The minimum atomic E-state index is 0.116. The predicted octanol–water partition coefficient (Wildman–Crippen LogP) is 0.497. The molecular formula is C8H18N2O. The highest BCUT2D eigenvalue weighted by Crippen LogP contribution is 2.04. The zero-order valence-electron chi connectivity index (χ0n) is 7.39. The Bertz CT molecular complexity index is 111. The van der Waals surface area contributed by atoms with Crippen LogP contribution < -0.4 is 11.1 Å². The average molecular weight is 158 g/mol. The zero-order chi connectivity index (χ0) is 8.69. The van der Waals surface area contributed by atoms with Gasteiger partial charge >= 0.3 is 0 Å². The third kappa shape index (κ3) is 4.79. The van der Waals surface area contributed by atoms with E-state index in [0.29, 0.717) is 25.4 Å². The number of hydrogen-bond donors (Lipinski definition) is 2. The first-order valence-corrected chi connectivity index (χ1v) is 4.21. The summed E-state index contributed by atoms with van der Waals surface area (Å²) in [6.07, 6.45) is 1.55. The molecule has 3 nitrogen and oxygen atoms in total. The molecule has 1 atom stereocenters. The molecule has 0 saturated carbocycles. The van der Waals surface area contributed by atoms with Gasteiger partial charge in [0.25, 0.3) is 0 Å². The van der Waals surface area contributed by atoms with Gasteiger partial charge in [-0.2, -0.15) is 0 Å². The second-order valence-electron chi connectivity index (χ2n) is 2.67. The summed E-state index contributed by atoms with van der Waals surface area (Å²) in [6, 6.07) is 0. The molecule has 0 fully saturated rings. The minimum absolute atomic E-state index is 0.116. The van der Waals surface area contributed by atoms with Gasteiger partial charge in [-0.3, -0.25) is 4.79 Å². The Morgan fingerprint density at radius 2 is 2.18 bits per heavy atom. The molecule has 0 saturated heterocycles. The largest absolute Gasteiger partial charge is 0.356 e. The highest BCUT2D eigenvalue weighted by atomic mass is 16.1. The number of nitrogens with one attached hydrogen (secondary N) is 1. The predicted molar refractivity (Wildman–Crippen MR) is 46.1 cm³/mol. The first kappa shape index (κ1) is 10.4. The van der Waals surface area contributed by atoms with Gasteiger partial charge in [-0.1, -0.05) is 13.3 Å². The van der Waals surface area contributed by atoms with Crippen molar-refractivity contribution in [1.82, 2.24) is 5.32 Å². The van der Waals surface area contributed by atoms with Crippen LogP contribution >= 0.6 is 0 Å². The summed E-state index contributed by atoms with van der Waals surface area (Å²) in [6.45, 7) is 5.28. The number of rotatable bonds is 5. The van der Waals surface area contributed by atoms with Crippen LogP contribution in [0.5, 0.6) is 0 Å². The van der Waals surface area contributed by atoms with E-state index < -0.39 is 0 Å². The Morgan fingerprint density at radius 3 is 2.55 bits per heavy atom. The molecule has 0 spiro atoms. The van der Waals surface area contributed by atoms with Crippen molar-refractivity contribution < 1.29 is 4.79 Å². The van der Waals surface area contributed by atoms with Crippen LogP contribution in [-0.4, -0.2) is 19.0 Å². The summed E-state index contributed by atoms with van der Waals surface area (Å²) >= 11 is 0. The lowest BCUT2D eigenvalue weighted by molar-refractivity contribution is -0.121. The normalized spacial score (nSPS) is 12.6. The quantitative estimate of drug-likeness (QED) is 0.612. The first-order chi connectivity index (χ1) is 5.24. The van der Waals surface area contributed by atoms with Crippen LogP contribution in [0.4, 0.5) is 0 Å². The van der Waals surface area contributed by atoms with Crippen molar-refractivity contribution in [2.45, 2.75) is 26.7 Å². The van der Waals surface area contributed by atoms with E-state index in [9.17, 15) is 4.79 Å². The Hall–Kier alpha value is -0.570. The Kier molecular flexibility index (Phi) is 5.84. The van der Waals surface area contributed by atoms with Gasteiger partial charge < -0.3 is 11.1 Å². The lowest BCUT2D eigenvalue weighted by Crippen LogP contribution is -2.27. The SMILES string of the molecule is CCNC(=O)CC(CC)CN. The molecule has 1 amide bonds. The van der Waals surface area contributed by atoms with E-state index in [1.807, 2.05) is 6.92 Å². The molecule has 66 valence electrons. The van der Waals surface area contributed by atoms with Gasteiger partial charge in [0.2, 0.25) is 5.91 Å². The summed E-state index contributed by atoms with van der Waals surface area (Å²) in [5, 5.41) is 2.75. The molecular weight excluding hydrogens is 140 g/mol. The zero-order valence-corrected chi connectivity index (χ0v) is 7.39. The molecule has 1 unspecified atom stereocenters. The molecule has 3 heteroatoms. The van der Waals surface area contributed by atoms with Crippen molar-refractivity contribution >= 4 is 5.91 Å². The van der Waals surface area contributed by atoms with Gasteiger partial charge in [-0.15, -0.1) is 0 Å². The monoisotopic (exact) mass is 158 g/mol. The van der Waals surface area contributed by atoms with Crippen LogP contribution in [0.3, 0.4) is 0 Å². The third-order valence-corrected chi connectivity index (χ3v) is 1.76. The smallest absolute Gasteiger partial charge is 0.220 e. The van der Waals surface area contributed by atoms with E-state index in [2.05, 4.69) is 12.2 Å². The Morgan fingerprint density at radius 1 is 1.55 bits per heavy atom. The lowest BCUT2D eigenvalue weighted by Gasteiger charge is -2.10. The lowest BCUT2D eigenvalue weighted by atomic mass is 10.0.